The molecule has 4 aliphatic rings. The van der Waals surface area contributed by atoms with Gasteiger partial charge in [0, 0.05) is 5.69 Å². The van der Waals surface area contributed by atoms with Crippen molar-refractivity contribution >= 4 is 5.97 Å². The van der Waals surface area contributed by atoms with Gasteiger partial charge in [-0.2, -0.15) is 0 Å². The highest BCUT2D eigenvalue weighted by Crippen LogP contribution is 2.60. The summed E-state index contributed by atoms with van der Waals surface area (Å²) in [7, 11) is 3.28. The number of benzene rings is 1. The zero-order chi connectivity index (χ0) is 22.3. The van der Waals surface area contributed by atoms with Crippen LogP contribution in [0.3, 0.4) is 0 Å². The molecular formula is C27H33NO4. The van der Waals surface area contributed by atoms with E-state index in [1.807, 2.05) is 37.3 Å². The summed E-state index contributed by atoms with van der Waals surface area (Å²) in [5, 5.41) is 0. The number of hydrogen-bond acceptors (Lipinski definition) is 5. The van der Waals surface area contributed by atoms with Crippen molar-refractivity contribution in [3.8, 4) is 17.2 Å². The molecule has 0 spiro atoms. The second kappa shape index (κ2) is 8.42. The maximum atomic E-state index is 13.5. The SMILES string of the molecule is COc1ccc(CCc2nc(C)ccc2OC(=O)C23CC4CC(CC(C4)C2)C3)cc1OC. The molecule has 6 rings (SSSR count). The number of carbonyl (C=O) groups is 1. The molecule has 0 radical (unpaired) electrons. The third-order valence-electron chi connectivity index (χ3n) is 7.84. The summed E-state index contributed by atoms with van der Waals surface area (Å²) in [5.41, 5.74) is 2.64. The second-order valence-electron chi connectivity index (χ2n) is 10.2. The maximum Gasteiger partial charge on any atom is 0.317 e. The van der Waals surface area contributed by atoms with Gasteiger partial charge in [-0.1, -0.05) is 6.07 Å². The van der Waals surface area contributed by atoms with Crippen LogP contribution in [-0.4, -0.2) is 25.2 Å². The molecule has 5 heteroatoms. The largest absolute Gasteiger partial charge is 0.493 e. The van der Waals surface area contributed by atoms with Crippen LogP contribution in [0, 0.1) is 30.1 Å². The highest BCUT2D eigenvalue weighted by molar-refractivity contribution is 5.80. The van der Waals surface area contributed by atoms with Crippen LogP contribution in [0.15, 0.2) is 30.3 Å². The minimum Gasteiger partial charge on any atom is -0.493 e. The van der Waals surface area contributed by atoms with E-state index in [4.69, 9.17) is 19.2 Å². The molecule has 4 bridgehead atoms. The molecule has 0 aliphatic heterocycles. The summed E-state index contributed by atoms with van der Waals surface area (Å²) in [6.07, 6.45) is 8.45. The fourth-order valence-corrected chi connectivity index (χ4v) is 6.74. The van der Waals surface area contributed by atoms with Gasteiger partial charge in [0.05, 0.1) is 25.3 Å². The molecule has 0 atom stereocenters. The van der Waals surface area contributed by atoms with Gasteiger partial charge in [0.2, 0.25) is 0 Å². The lowest BCUT2D eigenvalue weighted by molar-refractivity contribution is -0.161. The Morgan fingerprint density at radius 1 is 0.906 bits per heavy atom. The van der Waals surface area contributed by atoms with Crippen molar-refractivity contribution in [1.29, 1.82) is 0 Å². The Bertz CT molecular complexity index is 979. The standard InChI is InChI=1S/C27H33NO4/c1-17-4-8-23(22(28-17)7-5-18-6-9-24(30-2)25(13-18)31-3)32-26(29)27-14-19-10-20(15-27)12-21(11-19)16-27/h4,6,8-9,13,19-21H,5,7,10-12,14-16H2,1-3H3. The van der Waals surface area contributed by atoms with E-state index in [2.05, 4.69) is 0 Å². The van der Waals surface area contributed by atoms with Gasteiger partial charge < -0.3 is 14.2 Å². The molecule has 170 valence electrons. The molecule has 1 aromatic heterocycles. The third-order valence-corrected chi connectivity index (χ3v) is 7.84. The van der Waals surface area contributed by atoms with E-state index in [9.17, 15) is 4.79 Å². The van der Waals surface area contributed by atoms with Crippen LogP contribution in [0.1, 0.15) is 55.5 Å². The zero-order valence-corrected chi connectivity index (χ0v) is 19.4. The van der Waals surface area contributed by atoms with Gasteiger partial charge in [-0.25, -0.2) is 0 Å². The Labute approximate surface area is 190 Å². The molecule has 0 unspecified atom stereocenters. The lowest BCUT2D eigenvalue weighted by Crippen LogP contribution is -2.51. The fraction of sp³-hybridized carbons (Fsp3) is 0.556. The monoisotopic (exact) mass is 435 g/mol. The zero-order valence-electron chi connectivity index (χ0n) is 19.4. The van der Waals surface area contributed by atoms with E-state index in [0.29, 0.717) is 12.2 Å². The van der Waals surface area contributed by atoms with Gasteiger partial charge >= 0.3 is 5.97 Å². The number of aromatic nitrogens is 1. The number of nitrogens with zero attached hydrogens (tertiary/aromatic N) is 1. The van der Waals surface area contributed by atoms with Crippen molar-refractivity contribution < 1.29 is 19.0 Å². The Morgan fingerprint density at radius 3 is 2.16 bits per heavy atom. The number of hydrogen-bond donors (Lipinski definition) is 0. The Hall–Kier alpha value is -2.56. The Morgan fingerprint density at radius 2 is 1.53 bits per heavy atom. The first-order valence-electron chi connectivity index (χ1n) is 11.9. The third kappa shape index (κ3) is 3.98. The van der Waals surface area contributed by atoms with Gasteiger partial charge in [-0.15, -0.1) is 0 Å². The second-order valence-corrected chi connectivity index (χ2v) is 10.2. The number of esters is 1. The van der Waals surface area contributed by atoms with Crippen molar-refractivity contribution in [2.24, 2.45) is 23.2 Å². The molecule has 4 aliphatic carbocycles. The molecule has 32 heavy (non-hydrogen) atoms. The quantitative estimate of drug-likeness (QED) is 0.551. The summed E-state index contributed by atoms with van der Waals surface area (Å²) < 4.78 is 16.9. The molecule has 5 nitrogen and oxygen atoms in total. The average molecular weight is 436 g/mol. The molecule has 1 aromatic carbocycles. The summed E-state index contributed by atoms with van der Waals surface area (Å²) in [5.74, 6) is 4.19. The predicted molar refractivity (Wildman–Crippen MR) is 122 cm³/mol. The molecule has 1 heterocycles. The van der Waals surface area contributed by atoms with Crippen LogP contribution < -0.4 is 14.2 Å². The first-order valence-corrected chi connectivity index (χ1v) is 11.9. The number of methoxy groups -OCH3 is 2. The smallest absolute Gasteiger partial charge is 0.317 e. The number of pyridine rings is 1. The van der Waals surface area contributed by atoms with Crippen LogP contribution in [0.2, 0.25) is 0 Å². The number of carbonyl (C=O) groups excluding carboxylic acids is 1. The molecule has 0 saturated heterocycles. The van der Waals surface area contributed by atoms with Crippen LogP contribution >= 0.6 is 0 Å². The minimum atomic E-state index is -0.264. The van der Waals surface area contributed by atoms with E-state index >= 15 is 0 Å². The highest BCUT2D eigenvalue weighted by Gasteiger charge is 2.55. The van der Waals surface area contributed by atoms with E-state index in [-0.39, 0.29) is 11.4 Å². The molecule has 0 amide bonds. The predicted octanol–water partition coefficient (Wildman–Crippen LogP) is 5.31. The van der Waals surface area contributed by atoms with Gasteiger partial charge in [0.15, 0.2) is 17.2 Å². The van der Waals surface area contributed by atoms with Crippen LogP contribution in [-0.2, 0) is 17.6 Å². The molecule has 2 aromatic rings. The van der Waals surface area contributed by atoms with E-state index in [1.165, 1.54) is 19.3 Å². The van der Waals surface area contributed by atoms with Gasteiger partial charge in [0.25, 0.3) is 0 Å². The molecule has 0 N–H and O–H groups in total. The van der Waals surface area contributed by atoms with Crippen molar-refractivity contribution in [3.63, 3.8) is 0 Å². The van der Waals surface area contributed by atoms with Crippen molar-refractivity contribution in [3.05, 3.63) is 47.3 Å². The Balaban J connectivity index is 1.32. The first-order chi connectivity index (χ1) is 15.5. The van der Waals surface area contributed by atoms with E-state index in [0.717, 1.165) is 71.9 Å². The van der Waals surface area contributed by atoms with Crippen LogP contribution in [0.4, 0.5) is 0 Å². The summed E-state index contributed by atoms with van der Waals surface area (Å²) in [6.45, 7) is 1.98. The summed E-state index contributed by atoms with van der Waals surface area (Å²) >= 11 is 0. The van der Waals surface area contributed by atoms with Gasteiger partial charge in [0.1, 0.15) is 0 Å². The van der Waals surface area contributed by atoms with Crippen molar-refractivity contribution in [1.82, 2.24) is 4.98 Å². The van der Waals surface area contributed by atoms with E-state index in [1.54, 1.807) is 14.2 Å². The topological polar surface area (TPSA) is 57.7 Å². The van der Waals surface area contributed by atoms with Gasteiger partial charge in [-0.05, 0) is 106 Å². The number of aryl methyl sites for hydroxylation is 3. The highest BCUT2D eigenvalue weighted by atomic mass is 16.5. The lowest BCUT2D eigenvalue weighted by Gasteiger charge is -2.55. The molecule has 4 fully saturated rings. The first kappa shape index (κ1) is 21.3. The number of rotatable bonds is 7. The normalized spacial score (nSPS) is 27.9. The number of ether oxygens (including phenoxy) is 3. The van der Waals surface area contributed by atoms with Crippen LogP contribution in [0.5, 0.6) is 17.2 Å². The lowest BCUT2D eigenvalue weighted by atomic mass is 9.49. The molecular weight excluding hydrogens is 402 g/mol. The Kier molecular flexibility index (Phi) is 5.60. The van der Waals surface area contributed by atoms with Gasteiger partial charge in [-0.3, -0.25) is 9.78 Å². The fourth-order valence-electron chi connectivity index (χ4n) is 6.74. The maximum absolute atomic E-state index is 13.5. The van der Waals surface area contributed by atoms with Crippen LogP contribution in [0.25, 0.3) is 0 Å². The van der Waals surface area contributed by atoms with E-state index < -0.39 is 0 Å². The summed E-state index contributed by atoms with van der Waals surface area (Å²) in [6, 6.07) is 9.81. The molecule has 4 saturated carbocycles. The summed E-state index contributed by atoms with van der Waals surface area (Å²) in [4.78, 5) is 18.2. The van der Waals surface area contributed by atoms with Crippen molar-refractivity contribution in [2.45, 2.75) is 58.3 Å². The minimum absolute atomic E-state index is 0.0189. The van der Waals surface area contributed by atoms with Crippen molar-refractivity contribution in [2.75, 3.05) is 14.2 Å². The average Bonchev–Trinajstić information content (AvgIpc) is 2.78.